The van der Waals surface area contributed by atoms with Crippen LogP contribution in [0.15, 0.2) is 29.6 Å². The fourth-order valence-corrected chi connectivity index (χ4v) is 2.22. The van der Waals surface area contributed by atoms with Crippen molar-refractivity contribution in [2.45, 2.75) is 19.0 Å². The number of pyridine rings is 1. The standard InChI is InChI=1S/C14H11ClF3N5/c15-12-9(11-10(14(16,17)18)2-1-5-20-11)7-21-13(19)23(12)22-6-8-3-4-8/h1-2,5-8,19H,3-4H2/b19-13?,22-6+. The Labute approximate surface area is 134 Å². The number of nitrogens with zero attached hydrogens (tertiary/aromatic N) is 4. The second kappa shape index (κ2) is 5.77. The SMILES string of the molecule is N=c1ncc(-c2ncccc2C(F)(F)F)c(Cl)n1/N=C/C1CC1. The van der Waals surface area contributed by atoms with Gasteiger partial charge in [0.05, 0.1) is 16.8 Å². The molecule has 0 aromatic carbocycles. The summed E-state index contributed by atoms with van der Waals surface area (Å²) in [6.07, 6.45) is 1.40. The molecule has 0 radical (unpaired) electrons. The second-order valence-corrected chi connectivity index (χ2v) is 5.46. The van der Waals surface area contributed by atoms with Crippen molar-refractivity contribution >= 4 is 17.8 Å². The molecular weight excluding hydrogens is 331 g/mol. The molecule has 5 nitrogen and oxygen atoms in total. The van der Waals surface area contributed by atoms with Gasteiger partial charge in [0.1, 0.15) is 5.15 Å². The van der Waals surface area contributed by atoms with E-state index in [2.05, 4.69) is 15.1 Å². The van der Waals surface area contributed by atoms with Gasteiger partial charge in [-0.3, -0.25) is 10.4 Å². The summed E-state index contributed by atoms with van der Waals surface area (Å²) in [5.41, 5.74) is -1.55. The van der Waals surface area contributed by atoms with Gasteiger partial charge in [0.15, 0.2) is 0 Å². The summed E-state index contributed by atoms with van der Waals surface area (Å²) >= 11 is 6.16. The highest BCUT2D eigenvalue weighted by Gasteiger charge is 2.35. The van der Waals surface area contributed by atoms with E-state index >= 15 is 0 Å². The summed E-state index contributed by atoms with van der Waals surface area (Å²) in [6, 6.07) is 2.12. The predicted octanol–water partition coefficient (Wildman–Crippen LogP) is 3.34. The number of aromatic nitrogens is 3. The van der Waals surface area contributed by atoms with Crippen molar-refractivity contribution in [2.75, 3.05) is 0 Å². The molecule has 120 valence electrons. The van der Waals surface area contributed by atoms with E-state index in [0.29, 0.717) is 5.92 Å². The molecule has 9 heteroatoms. The first-order chi connectivity index (χ1) is 10.9. The monoisotopic (exact) mass is 341 g/mol. The molecule has 2 aromatic rings. The highest BCUT2D eigenvalue weighted by molar-refractivity contribution is 6.32. The molecule has 0 spiro atoms. The van der Waals surface area contributed by atoms with Crippen LogP contribution in [0.1, 0.15) is 18.4 Å². The van der Waals surface area contributed by atoms with Gasteiger partial charge in [-0.15, -0.1) is 0 Å². The van der Waals surface area contributed by atoms with E-state index in [1.165, 1.54) is 12.3 Å². The van der Waals surface area contributed by atoms with Crippen LogP contribution < -0.4 is 5.62 Å². The zero-order chi connectivity index (χ0) is 16.6. The van der Waals surface area contributed by atoms with Gasteiger partial charge in [0.2, 0.25) is 5.62 Å². The van der Waals surface area contributed by atoms with E-state index in [4.69, 9.17) is 17.0 Å². The number of halogens is 4. The lowest BCUT2D eigenvalue weighted by Gasteiger charge is -2.13. The maximum Gasteiger partial charge on any atom is 0.418 e. The van der Waals surface area contributed by atoms with Crippen LogP contribution in [-0.4, -0.2) is 20.9 Å². The molecule has 1 aliphatic carbocycles. The lowest BCUT2D eigenvalue weighted by Crippen LogP contribution is -2.21. The van der Waals surface area contributed by atoms with Crippen molar-refractivity contribution in [2.24, 2.45) is 11.0 Å². The van der Waals surface area contributed by atoms with Gasteiger partial charge in [-0.2, -0.15) is 22.9 Å². The fourth-order valence-electron chi connectivity index (χ4n) is 1.96. The Morgan fingerprint density at radius 3 is 2.74 bits per heavy atom. The van der Waals surface area contributed by atoms with Gasteiger partial charge in [-0.05, 0) is 30.9 Å². The smallest absolute Gasteiger partial charge is 0.265 e. The maximum absolute atomic E-state index is 13.1. The van der Waals surface area contributed by atoms with E-state index in [1.54, 1.807) is 6.21 Å². The molecule has 3 rings (SSSR count). The minimum absolute atomic E-state index is 0.0245. The van der Waals surface area contributed by atoms with E-state index in [0.717, 1.165) is 29.8 Å². The summed E-state index contributed by atoms with van der Waals surface area (Å²) in [7, 11) is 0. The number of hydrogen-bond donors (Lipinski definition) is 1. The summed E-state index contributed by atoms with van der Waals surface area (Å²) in [5.74, 6) is 0.321. The van der Waals surface area contributed by atoms with Crippen LogP contribution in [0, 0.1) is 11.3 Å². The van der Waals surface area contributed by atoms with Crippen molar-refractivity contribution in [3.63, 3.8) is 0 Å². The quantitative estimate of drug-likeness (QED) is 0.687. The molecule has 0 unspecified atom stereocenters. The molecule has 2 heterocycles. The molecule has 1 fully saturated rings. The molecule has 1 N–H and O–H groups in total. The van der Waals surface area contributed by atoms with Crippen molar-refractivity contribution in [1.82, 2.24) is 14.6 Å². The molecule has 1 saturated carbocycles. The lowest BCUT2D eigenvalue weighted by molar-refractivity contribution is -0.137. The van der Waals surface area contributed by atoms with Crippen LogP contribution in [0.25, 0.3) is 11.3 Å². The van der Waals surface area contributed by atoms with Crippen LogP contribution in [0.4, 0.5) is 13.2 Å². The Hall–Kier alpha value is -2.22. The van der Waals surface area contributed by atoms with Gasteiger partial charge in [0, 0.05) is 18.6 Å². The molecular formula is C14H11ClF3N5. The summed E-state index contributed by atoms with van der Waals surface area (Å²) in [5, 5.41) is 11.6. The summed E-state index contributed by atoms with van der Waals surface area (Å²) < 4.78 is 40.4. The van der Waals surface area contributed by atoms with Gasteiger partial charge in [0.25, 0.3) is 0 Å². The van der Waals surface area contributed by atoms with E-state index in [9.17, 15) is 13.2 Å². The van der Waals surface area contributed by atoms with Crippen LogP contribution in [0.5, 0.6) is 0 Å². The third-order valence-corrected chi connectivity index (χ3v) is 3.67. The number of alkyl halides is 3. The molecule has 1 aliphatic rings. The second-order valence-electron chi connectivity index (χ2n) is 5.10. The molecule has 0 aliphatic heterocycles. The molecule has 0 atom stereocenters. The molecule has 23 heavy (non-hydrogen) atoms. The average molecular weight is 342 g/mol. The third-order valence-electron chi connectivity index (χ3n) is 3.31. The van der Waals surface area contributed by atoms with Gasteiger partial charge < -0.3 is 0 Å². The Bertz CT molecular complexity index is 824. The topological polar surface area (TPSA) is 66.9 Å². The van der Waals surface area contributed by atoms with E-state index in [-0.39, 0.29) is 22.0 Å². The highest BCUT2D eigenvalue weighted by Crippen LogP contribution is 2.37. The van der Waals surface area contributed by atoms with Crippen molar-refractivity contribution < 1.29 is 13.2 Å². The number of rotatable bonds is 3. The van der Waals surface area contributed by atoms with Crippen LogP contribution in [-0.2, 0) is 6.18 Å². The zero-order valence-corrected chi connectivity index (χ0v) is 12.4. The number of hydrogen-bond acceptors (Lipinski definition) is 4. The summed E-state index contributed by atoms with van der Waals surface area (Å²) in [4.78, 5) is 7.55. The van der Waals surface area contributed by atoms with Crippen LogP contribution in [0.3, 0.4) is 0 Å². The van der Waals surface area contributed by atoms with Crippen LogP contribution >= 0.6 is 11.6 Å². The predicted molar refractivity (Wildman–Crippen MR) is 77.9 cm³/mol. The Kier molecular flexibility index (Phi) is 3.93. The fraction of sp³-hybridized carbons (Fsp3) is 0.286. The van der Waals surface area contributed by atoms with Gasteiger partial charge in [-0.1, -0.05) is 11.6 Å². The molecule has 0 amide bonds. The lowest BCUT2D eigenvalue weighted by atomic mass is 10.1. The average Bonchev–Trinajstić information content (AvgIpc) is 3.30. The van der Waals surface area contributed by atoms with E-state index < -0.39 is 11.7 Å². The molecule has 0 saturated heterocycles. The Balaban J connectivity index is 2.15. The molecule has 0 bridgehead atoms. The minimum Gasteiger partial charge on any atom is -0.265 e. The number of nitrogens with one attached hydrogen (secondary N) is 1. The normalized spacial score (nSPS) is 15.3. The first-order valence-electron chi connectivity index (χ1n) is 6.77. The van der Waals surface area contributed by atoms with Gasteiger partial charge >= 0.3 is 6.18 Å². The summed E-state index contributed by atoms with van der Waals surface area (Å²) in [6.45, 7) is 0. The minimum atomic E-state index is -4.57. The first-order valence-corrected chi connectivity index (χ1v) is 7.15. The van der Waals surface area contributed by atoms with E-state index in [1.807, 2.05) is 0 Å². The maximum atomic E-state index is 13.1. The van der Waals surface area contributed by atoms with Crippen molar-refractivity contribution in [3.8, 4) is 11.3 Å². The highest BCUT2D eigenvalue weighted by atomic mass is 35.5. The van der Waals surface area contributed by atoms with Crippen molar-refractivity contribution in [3.05, 3.63) is 40.9 Å². The Morgan fingerprint density at radius 1 is 1.35 bits per heavy atom. The largest absolute Gasteiger partial charge is 0.418 e. The van der Waals surface area contributed by atoms with Crippen LogP contribution in [0.2, 0.25) is 5.15 Å². The zero-order valence-electron chi connectivity index (χ0n) is 11.7. The van der Waals surface area contributed by atoms with Crippen molar-refractivity contribution in [1.29, 1.82) is 5.41 Å². The molecule has 2 aromatic heterocycles. The van der Waals surface area contributed by atoms with Gasteiger partial charge in [-0.25, -0.2) is 4.98 Å². The third kappa shape index (κ3) is 3.26. The Morgan fingerprint density at radius 2 is 2.09 bits per heavy atom. The first kappa shape index (κ1) is 15.7.